The summed E-state index contributed by atoms with van der Waals surface area (Å²) in [5.41, 5.74) is 1.65. The van der Waals surface area contributed by atoms with Gasteiger partial charge >= 0.3 is 0 Å². The van der Waals surface area contributed by atoms with Crippen LogP contribution in [0.5, 0.6) is 0 Å². The maximum absolute atomic E-state index is 13.9. The summed E-state index contributed by atoms with van der Waals surface area (Å²) in [6.07, 6.45) is 2.07. The summed E-state index contributed by atoms with van der Waals surface area (Å²) in [5.74, 6) is -0.544. The van der Waals surface area contributed by atoms with Crippen molar-refractivity contribution in [2.45, 2.75) is 39.7 Å². The van der Waals surface area contributed by atoms with E-state index in [1.54, 1.807) is 18.3 Å². The fourth-order valence-corrected chi connectivity index (χ4v) is 4.25. The van der Waals surface area contributed by atoms with Crippen molar-refractivity contribution in [3.8, 4) is 6.07 Å². The Labute approximate surface area is 190 Å². The molecule has 1 atom stereocenters. The number of aromatic nitrogens is 2. The van der Waals surface area contributed by atoms with E-state index in [9.17, 15) is 9.18 Å². The highest BCUT2D eigenvalue weighted by Gasteiger charge is 2.49. The average molecular weight is 459 g/mol. The van der Waals surface area contributed by atoms with Gasteiger partial charge < -0.3 is 0 Å². The smallest absolute Gasteiger partial charge is 0.260 e. The summed E-state index contributed by atoms with van der Waals surface area (Å²) < 4.78 is 15.7. The molecule has 160 valence electrons. The average Bonchev–Trinajstić information content (AvgIpc) is 3.24. The van der Waals surface area contributed by atoms with Crippen molar-refractivity contribution in [2.75, 3.05) is 4.90 Å². The van der Waals surface area contributed by atoms with Crippen LogP contribution >= 0.6 is 23.2 Å². The van der Waals surface area contributed by atoms with Gasteiger partial charge in [0.05, 0.1) is 33.6 Å². The zero-order chi connectivity index (χ0) is 22.9. The Kier molecular flexibility index (Phi) is 6.40. The Balaban J connectivity index is 0.00000132. The normalized spacial score (nSPS) is 17.1. The summed E-state index contributed by atoms with van der Waals surface area (Å²) in [5, 5.41) is 8.66. The van der Waals surface area contributed by atoms with Crippen molar-refractivity contribution in [1.82, 2.24) is 9.55 Å². The van der Waals surface area contributed by atoms with Crippen LogP contribution in [-0.4, -0.2) is 15.5 Å². The van der Waals surface area contributed by atoms with Crippen molar-refractivity contribution in [3.05, 3.63) is 75.3 Å². The third kappa shape index (κ3) is 3.80. The van der Waals surface area contributed by atoms with Gasteiger partial charge in [-0.15, -0.1) is 0 Å². The number of amides is 1. The quantitative estimate of drug-likeness (QED) is 0.440. The number of aryl methyl sites for hydroxylation is 1. The number of anilines is 2. The van der Waals surface area contributed by atoms with Crippen LogP contribution in [0.4, 0.5) is 16.0 Å². The van der Waals surface area contributed by atoms with Crippen LogP contribution in [0, 0.1) is 24.1 Å². The topological polar surface area (TPSA) is 61.9 Å². The Morgan fingerprint density at radius 2 is 1.74 bits per heavy atom. The molecule has 2 aromatic carbocycles. The van der Waals surface area contributed by atoms with Gasteiger partial charge in [-0.1, -0.05) is 49.2 Å². The summed E-state index contributed by atoms with van der Waals surface area (Å²) in [6.45, 7) is 7.70. The molecule has 0 bridgehead atoms. The molecule has 31 heavy (non-hydrogen) atoms. The molecule has 1 aromatic heterocycles. The first-order chi connectivity index (χ1) is 14.8. The van der Waals surface area contributed by atoms with Crippen LogP contribution < -0.4 is 4.90 Å². The molecule has 0 fully saturated rings. The second-order valence-corrected chi connectivity index (χ2v) is 7.97. The van der Waals surface area contributed by atoms with E-state index in [1.165, 1.54) is 17.0 Å². The van der Waals surface area contributed by atoms with Gasteiger partial charge in [0.25, 0.3) is 5.91 Å². The monoisotopic (exact) mass is 458 g/mol. The van der Waals surface area contributed by atoms with Gasteiger partial charge in [0.15, 0.2) is 5.82 Å². The molecule has 1 aliphatic rings. The minimum atomic E-state index is -0.961. The number of fused-ring (bicyclic) bond motifs is 1. The number of imidazole rings is 1. The first-order valence-electron chi connectivity index (χ1n) is 9.79. The number of hydrogen-bond donors (Lipinski definition) is 0. The maximum Gasteiger partial charge on any atom is 0.260 e. The second kappa shape index (κ2) is 8.70. The molecule has 0 aliphatic carbocycles. The van der Waals surface area contributed by atoms with Crippen LogP contribution in [0.15, 0.2) is 42.6 Å². The van der Waals surface area contributed by atoms with Crippen molar-refractivity contribution in [2.24, 2.45) is 0 Å². The molecule has 0 N–H and O–H groups in total. The molecule has 1 amide bonds. The molecule has 5 nitrogen and oxygen atoms in total. The highest BCUT2D eigenvalue weighted by Crippen LogP contribution is 2.43. The van der Waals surface area contributed by atoms with Crippen LogP contribution in [0.3, 0.4) is 0 Å². The van der Waals surface area contributed by atoms with Gasteiger partial charge in [-0.25, -0.2) is 14.3 Å². The van der Waals surface area contributed by atoms with Crippen LogP contribution in [0.25, 0.3) is 0 Å². The minimum absolute atomic E-state index is 0.171. The molecule has 0 spiro atoms. The van der Waals surface area contributed by atoms with Gasteiger partial charge in [0, 0.05) is 12.1 Å². The molecule has 2 heterocycles. The van der Waals surface area contributed by atoms with Crippen molar-refractivity contribution < 1.29 is 9.18 Å². The standard InChI is InChI=1S/C21H15Cl2FN4O.C2H6/c1-12-11-26-20-27(15-7-16(22)18(24)17(23)8-15)19(29)21(2,28(12)20)9-13-3-5-14(10-25)6-4-13;1-2/h3-8,11H,9H2,1-2H3;1-2H3/t21-;/m1./s1. The zero-order valence-electron chi connectivity index (χ0n) is 17.6. The molecular weight excluding hydrogens is 438 g/mol. The number of carbonyl (C=O) groups is 1. The predicted octanol–water partition coefficient (Wildman–Crippen LogP) is 6.17. The molecule has 0 unspecified atom stereocenters. The summed E-state index contributed by atoms with van der Waals surface area (Å²) in [7, 11) is 0. The lowest BCUT2D eigenvalue weighted by Gasteiger charge is -2.26. The van der Waals surface area contributed by atoms with E-state index in [2.05, 4.69) is 11.1 Å². The molecule has 3 aromatic rings. The number of halogens is 3. The van der Waals surface area contributed by atoms with Gasteiger partial charge in [-0.2, -0.15) is 5.26 Å². The van der Waals surface area contributed by atoms with Gasteiger partial charge in [0.2, 0.25) is 5.95 Å². The lowest BCUT2D eigenvalue weighted by molar-refractivity contribution is -0.124. The largest absolute Gasteiger partial charge is 0.299 e. The molecule has 0 saturated carbocycles. The fourth-order valence-electron chi connectivity index (χ4n) is 3.77. The highest BCUT2D eigenvalue weighted by atomic mass is 35.5. The molecule has 0 saturated heterocycles. The minimum Gasteiger partial charge on any atom is -0.299 e. The van der Waals surface area contributed by atoms with E-state index in [0.29, 0.717) is 23.6 Å². The van der Waals surface area contributed by atoms with Crippen LogP contribution in [0.2, 0.25) is 10.0 Å². The number of nitriles is 1. The Morgan fingerprint density at radius 3 is 2.29 bits per heavy atom. The number of nitrogens with zero attached hydrogens (tertiary/aromatic N) is 4. The molecular formula is C23H21Cl2FN4O. The van der Waals surface area contributed by atoms with Crippen molar-refractivity contribution in [1.29, 1.82) is 5.26 Å². The molecule has 4 rings (SSSR count). The van der Waals surface area contributed by atoms with Crippen LogP contribution in [-0.2, 0) is 16.8 Å². The third-order valence-corrected chi connectivity index (χ3v) is 5.69. The van der Waals surface area contributed by atoms with Crippen LogP contribution in [0.1, 0.15) is 37.6 Å². The summed E-state index contributed by atoms with van der Waals surface area (Å²) in [6, 6.07) is 11.9. The lowest BCUT2D eigenvalue weighted by atomic mass is 9.91. The Hall–Kier alpha value is -2.88. The summed E-state index contributed by atoms with van der Waals surface area (Å²) >= 11 is 11.9. The van der Waals surface area contributed by atoms with Crippen molar-refractivity contribution in [3.63, 3.8) is 0 Å². The number of hydrogen-bond acceptors (Lipinski definition) is 3. The SMILES string of the molecule is CC.Cc1cnc2n1[C@](C)(Cc1ccc(C#N)cc1)C(=O)N2c1cc(Cl)c(F)c(Cl)c1. The van der Waals surface area contributed by atoms with Gasteiger partial charge in [0.1, 0.15) is 5.54 Å². The maximum atomic E-state index is 13.9. The fraction of sp³-hybridized carbons (Fsp3) is 0.261. The predicted molar refractivity (Wildman–Crippen MR) is 120 cm³/mol. The number of rotatable bonds is 3. The number of carbonyl (C=O) groups excluding carboxylic acids is 1. The molecule has 1 aliphatic heterocycles. The third-order valence-electron chi connectivity index (χ3n) is 5.14. The molecule has 0 radical (unpaired) electrons. The second-order valence-electron chi connectivity index (χ2n) is 7.16. The number of benzene rings is 2. The lowest BCUT2D eigenvalue weighted by Crippen LogP contribution is -2.41. The van der Waals surface area contributed by atoms with Gasteiger partial charge in [-0.3, -0.25) is 9.36 Å². The summed E-state index contributed by atoms with van der Waals surface area (Å²) in [4.78, 5) is 19.4. The van der Waals surface area contributed by atoms with Crippen molar-refractivity contribution >= 4 is 40.7 Å². The van der Waals surface area contributed by atoms with E-state index in [-0.39, 0.29) is 16.0 Å². The van der Waals surface area contributed by atoms with E-state index in [4.69, 9.17) is 28.5 Å². The van der Waals surface area contributed by atoms with E-state index >= 15 is 0 Å². The first-order valence-corrected chi connectivity index (χ1v) is 10.5. The van der Waals surface area contributed by atoms with E-state index in [1.807, 2.05) is 44.4 Å². The van der Waals surface area contributed by atoms with Gasteiger partial charge in [-0.05, 0) is 43.7 Å². The van der Waals surface area contributed by atoms with E-state index < -0.39 is 11.4 Å². The Bertz CT molecular complexity index is 1160. The molecule has 8 heteroatoms. The highest BCUT2D eigenvalue weighted by molar-refractivity contribution is 6.35. The Morgan fingerprint density at radius 1 is 1.16 bits per heavy atom. The first kappa shape index (κ1) is 22.8. The van der Waals surface area contributed by atoms with E-state index in [0.717, 1.165) is 11.3 Å². The zero-order valence-corrected chi connectivity index (χ0v) is 19.1.